The molecule has 0 radical (unpaired) electrons. The van der Waals surface area contributed by atoms with Gasteiger partial charge in [-0.25, -0.2) is 4.79 Å². The molecule has 0 saturated carbocycles. The van der Waals surface area contributed by atoms with Crippen LogP contribution >= 0.6 is 0 Å². The molecule has 4 heteroatoms. The molecule has 0 aliphatic carbocycles. The highest BCUT2D eigenvalue weighted by Gasteiger charge is 2.22. The van der Waals surface area contributed by atoms with Gasteiger partial charge < -0.3 is 14.2 Å². The molecule has 1 saturated heterocycles. The number of benzene rings is 1. The molecular formula is C19H24N2O2. The van der Waals surface area contributed by atoms with Crippen molar-refractivity contribution in [1.29, 1.82) is 0 Å². The van der Waals surface area contributed by atoms with Gasteiger partial charge in [-0.3, -0.25) is 0 Å². The smallest absolute Gasteiger partial charge is 0.340 e. The first kappa shape index (κ1) is 15.7. The van der Waals surface area contributed by atoms with Gasteiger partial charge in [0.25, 0.3) is 0 Å². The normalized spacial score (nSPS) is 15.7. The standard InChI is InChI=1S/C19H24N2O2/c1-3-23-19(22)17-14-16(20-10-4-5-11-20)6-7-18(17)21-12-8-15(2)9-13-21/h4-7,10-11,14-15H,3,8-9,12-13H2,1-2H3. The van der Waals surface area contributed by atoms with Gasteiger partial charge in [0.05, 0.1) is 17.9 Å². The summed E-state index contributed by atoms with van der Waals surface area (Å²) in [6, 6.07) is 10.0. The Labute approximate surface area is 137 Å². The first-order valence-corrected chi connectivity index (χ1v) is 8.38. The van der Waals surface area contributed by atoms with Crippen molar-refractivity contribution in [1.82, 2.24) is 4.57 Å². The summed E-state index contributed by atoms with van der Waals surface area (Å²) in [4.78, 5) is 14.7. The molecule has 122 valence electrons. The lowest BCUT2D eigenvalue weighted by atomic mass is 9.98. The Kier molecular flexibility index (Phi) is 4.70. The molecule has 0 N–H and O–H groups in total. The van der Waals surface area contributed by atoms with E-state index in [1.165, 1.54) is 12.8 Å². The van der Waals surface area contributed by atoms with Crippen molar-refractivity contribution in [3.05, 3.63) is 48.3 Å². The average Bonchev–Trinajstić information content (AvgIpc) is 3.10. The van der Waals surface area contributed by atoms with E-state index >= 15 is 0 Å². The Morgan fingerprint density at radius 2 is 1.91 bits per heavy atom. The van der Waals surface area contributed by atoms with Crippen molar-refractivity contribution < 1.29 is 9.53 Å². The fraction of sp³-hybridized carbons (Fsp3) is 0.421. The maximum Gasteiger partial charge on any atom is 0.340 e. The predicted molar refractivity (Wildman–Crippen MR) is 92.3 cm³/mol. The second-order valence-electron chi connectivity index (χ2n) is 6.18. The van der Waals surface area contributed by atoms with Crippen molar-refractivity contribution in [2.45, 2.75) is 26.7 Å². The fourth-order valence-corrected chi connectivity index (χ4v) is 3.09. The molecule has 1 aromatic heterocycles. The van der Waals surface area contributed by atoms with Crippen molar-refractivity contribution >= 4 is 11.7 Å². The molecule has 4 nitrogen and oxygen atoms in total. The molecule has 0 spiro atoms. The number of anilines is 1. The Balaban J connectivity index is 1.96. The van der Waals surface area contributed by atoms with E-state index in [0.717, 1.165) is 30.4 Å². The highest BCUT2D eigenvalue weighted by atomic mass is 16.5. The number of aromatic nitrogens is 1. The molecule has 0 atom stereocenters. The molecule has 0 amide bonds. The lowest BCUT2D eigenvalue weighted by Gasteiger charge is -2.33. The zero-order valence-electron chi connectivity index (χ0n) is 13.9. The van der Waals surface area contributed by atoms with E-state index in [1.807, 2.05) is 42.1 Å². The third-order valence-electron chi connectivity index (χ3n) is 4.50. The molecule has 2 aromatic rings. The summed E-state index contributed by atoms with van der Waals surface area (Å²) in [7, 11) is 0. The minimum absolute atomic E-state index is 0.241. The van der Waals surface area contributed by atoms with E-state index < -0.39 is 0 Å². The number of ether oxygens (including phenoxy) is 1. The lowest BCUT2D eigenvalue weighted by Crippen LogP contribution is -2.34. The molecule has 1 aromatic carbocycles. The summed E-state index contributed by atoms with van der Waals surface area (Å²) in [6.45, 7) is 6.52. The fourth-order valence-electron chi connectivity index (χ4n) is 3.09. The van der Waals surface area contributed by atoms with Crippen molar-refractivity contribution in [3.8, 4) is 5.69 Å². The Morgan fingerprint density at radius 3 is 2.57 bits per heavy atom. The highest BCUT2D eigenvalue weighted by molar-refractivity contribution is 5.96. The first-order chi connectivity index (χ1) is 11.2. The summed E-state index contributed by atoms with van der Waals surface area (Å²) in [5.74, 6) is 0.520. The number of nitrogens with zero attached hydrogens (tertiary/aromatic N) is 2. The van der Waals surface area contributed by atoms with Crippen LogP contribution in [0, 0.1) is 5.92 Å². The minimum atomic E-state index is -0.241. The molecule has 0 bridgehead atoms. The second-order valence-corrected chi connectivity index (χ2v) is 6.18. The van der Waals surface area contributed by atoms with Crippen LogP contribution in [0.1, 0.15) is 37.0 Å². The van der Waals surface area contributed by atoms with Gasteiger partial charge in [-0.05, 0) is 56.0 Å². The number of hydrogen-bond acceptors (Lipinski definition) is 3. The molecule has 1 aliphatic heterocycles. The predicted octanol–water partition coefficient (Wildman–Crippen LogP) is 3.89. The van der Waals surface area contributed by atoms with Crippen LogP contribution in [0.15, 0.2) is 42.7 Å². The van der Waals surface area contributed by atoms with E-state index in [-0.39, 0.29) is 5.97 Å². The van der Waals surface area contributed by atoms with E-state index in [4.69, 9.17) is 4.74 Å². The van der Waals surface area contributed by atoms with E-state index in [0.29, 0.717) is 12.2 Å². The van der Waals surface area contributed by atoms with Gasteiger partial charge in [0.2, 0.25) is 0 Å². The van der Waals surface area contributed by atoms with Crippen LogP contribution in [0.5, 0.6) is 0 Å². The van der Waals surface area contributed by atoms with Gasteiger partial charge in [0.1, 0.15) is 0 Å². The third-order valence-corrected chi connectivity index (χ3v) is 4.50. The largest absolute Gasteiger partial charge is 0.462 e. The van der Waals surface area contributed by atoms with Gasteiger partial charge in [-0.2, -0.15) is 0 Å². The van der Waals surface area contributed by atoms with Gasteiger partial charge >= 0.3 is 5.97 Å². The van der Waals surface area contributed by atoms with Crippen molar-refractivity contribution in [2.75, 3.05) is 24.6 Å². The number of carbonyl (C=O) groups excluding carboxylic acids is 1. The Hall–Kier alpha value is -2.23. The molecule has 3 rings (SSSR count). The number of hydrogen-bond donors (Lipinski definition) is 0. The van der Waals surface area contributed by atoms with Crippen LogP contribution in [0.3, 0.4) is 0 Å². The van der Waals surface area contributed by atoms with Gasteiger partial charge in [-0.1, -0.05) is 6.92 Å². The molecule has 2 heterocycles. The van der Waals surface area contributed by atoms with Crippen LogP contribution in [0.25, 0.3) is 5.69 Å². The molecule has 0 unspecified atom stereocenters. The molecule has 1 aliphatic rings. The average molecular weight is 312 g/mol. The summed E-state index contributed by atoms with van der Waals surface area (Å²) in [5, 5.41) is 0. The van der Waals surface area contributed by atoms with Crippen LogP contribution in [-0.2, 0) is 4.74 Å². The van der Waals surface area contributed by atoms with Crippen LogP contribution in [-0.4, -0.2) is 30.2 Å². The Morgan fingerprint density at radius 1 is 1.22 bits per heavy atom. The zero-order valence-corrected chi connectivity index (χ0v) is 13.9. The summed E-state index contributed by atoms with van der Waals surface area (Å²) in [6.07, 6.45) is 6.29. The lowest BCUT2D eigenvalue weighted by molar-refractivity contribution is 0.0527. The number of esters is 1. The van der Waals surface area contributed by atoms with Gasteiger partial charge in [-0.15, -0.1) is 0 Å². The summed E-state index contributed by atoms with van der Waals surface area (Å²) < 4.78 is 7.28. The van der Waals surface area contributed by atoms with Gasteiger partial charge in [0, 0.05) is 31.2 Å². The van der Waals surface area contributed by atoms with Crippen molar-refractivity contribution in [3.63, 3.8) is 0 Å². The van der Waals surface area contributed by atoms with E-state index in [1.54, 1.807) is 0 Å². The maximum absolute atomic E-state index is 12.4. The molecular weight excluding hydrogens is 288 g/mol. The topological polar surface area (TPSA) is 34.5 Å². The molecule has 1 fully saturated rings. The Bertz CT molecular complexity index is 656. The maximum atomic E-state index is 12.4. The highest BCUT2D eigenvalue weighted by Crippen LogP contribution is 2.28. The van der Waals surface area contributed by atoms with Crippen molar-refractivity contribution in [2.24, 2.45) is 5.92 Å². The quantitative estimate of drug-likeness (QED) is 0.803. The van der Waals surface area contributed by atoms with Crippen LogP contribution in [0.2, 0.25) is 0 Å². The number of carbonyl (C=O) groups is 1. The molecule has 23 heavy (non-hydrogen) atoms. The third kappa shape index (κ3) is 3.41. The SMILES string of the molecule is CCOC(=O)c1cc(-n2cccc2)ccc1N1CCC(C)CC1. The van der Waals surface area contributed by atoms with Gasteiger partial charge in [0.15, 0.2) is 0 Å². The second kappa shape index (κ2) is 6.90. The van der Waals surface area contributed by atoms with Crippen LogP contribution < -0.4 is 4.90 Å². The summed E-state index contributed by atoms with van der Waals surface area (Å²) in [5.41, 5.74) is 2.63. The summed E-state index contributed by atoms with van der Waals surface area (Å²) >= 11 is 0. The minimum Gasteiger partial charge on any atom is -0.462 e. The van der Waals surface area contributed by atoms with Crippen LogP contribution in [0.4, 0.5) is 5.69 Å². The number of piperidine rings is 1. The van der Waals surface area contributed by atoms with E-state index in [9.17, 15) is 4.79 Å². The first-order valence-electron chi connectivity index (χ1n) is 8.38. The van der Waals surface area contributed by atoms with E-state index in [2.05, 4.69) is 24.0 Å². The zero-order chi connectivity index (χ0) is 16.2. The number of rotatable bonds is 4. The monoisotopic (exact) mass is 312 g/mol.